The summed E-state index contributed by atoms with van der Waals surface area (Å²) >= 11 is 1.49. The topological polar surface area (TPSA) is 55.1 Å². The lowest BCUT2D eigenvalue weighted by Crippen LogP contribution is -2.12. The molecule has 0 atom stereocenters. The average Bonchev–Trinajstić information content (AvgIpc) is 3.24. The summed E-state index contributed by atoms with van der Waals surface area (Å²) in [5.41, 5.74) is 1.86. The van der Waals surface area contributed by atoms with Gasteiger partial charge in [-0.1, -0.05) is 18.2 Å². The van der Waals surface area contributed by atoms with Gasteiger partial charge in [0.05, 0.1) is 15.9 Å². The molecule has 0 aliphatic rings. The third-order valence-electron chi connectivity index (χ3n) is 3.70. The summed E-state index contributed by atoms with van der Waals surface area (Å²) in [5.74, 6) is -0.375. The number of anilines is 1. The number of nitrogens with zero attached hydrogens (tertiary/aromatic N) is 1. The van der Waals surface area contributed by atoms with E-state index in [1.165, 1.54) is 17.4 Å². The zero-order valence-electron chi connectivity index (χ0n) is 13.2. The largest absolute Gasteiger partial charge is 0.448 e. The number of carbonyl (C=O) groups excluding carboxylic acids is 1. The standard InChI is InChI=1S/C19H13FN2O2S/c1-11-6-7-12(20)14(10-11)21-18(23)15-8-9-16(24-15)19-22-13-4-2-3-5-17(13)25-19/h2-10H,1H3,(H,21,23). The van der Waals surface area contributed by atoms with Crippen molar-refractivity contribution >= 4 is 33.1 Å². The van der Waals surface area contributed by atoms with Crippen molar-refractivity contribution in [1.29, 1.82) is 0 Å². The fraction of sp³-hybridized carbons (Fsp3) is 0.0526. The van der Waals surface area contributed by atoms with Crippen molar-refractivity contribution in [2.24, 2.45) is 0 Å². The van der Waals surface area contributed by atoms with Gasteiger partial charge in [-0.2, -0.15) is 0 Å². The van der Waals surface area contributed by atoms with Crippen LogP contribution in [0.2, 0.25) is 0 Å². The first kappa shape index (κ1) is 15.5. The minimum absolute atomic E-state index is 0.107. The van der Waals surface area contributed by atoms with Gasteiger partial charge in [-0.05, 0) is 48.9 Å². The fourth-order valence-electron chi connectivity index (χ4n) is 2.47. The quantitative estimate of drug-likeness (QED) is 0.547. The van der Waals surface area contributed by atoms with E-state index < -0.39 is 11.7 Å². The molecule has 0 spiro atoms. The molecule has 4 aromatic rings. The molecule has 6 heteroatoms. The highest BCUT2D eigenvalue weighted by Crippen LogP contribution is 2.31. The van der Waals surface area contributed by atoms with Crippen LogP contribution in [0.4, 0.5) is 10.1 Å². The van der Waals surface area contributed by atoms with Gasteiger partial charge in [0.15, 0.2) is 16.5 Å². The molecule has 0 saturated carbocycles. The number of halogens is 1. The highest BCUT2D eigenvalue weighted by atomic mass is 32.1. The summed E-state index contributed by atoms with van der Waals surface area (Å²) in [7, 11) is 0. The number of thiazole rings is 1. The minimum Gasteiger partial charge on any atom is -0.448 e. The molecule has 2 heterocycles. The highest BCUT2D eigenvalue weighted by molar-refractivity contribution is 7.21. The maximum atomic E-state index is 13.8. The van der Waals surface area contributed by atoms with E-state index in [2.05, 4.69) is 10.3 Å². The van der Waals surface area contributed by atoms with Crippen molar-refractivity contribution < 1.29 is 13.6 Å². The van der Waals surface area contributed by atoms with Gasteiger partial charge >= 0.3 is 0 Å². The van der Waals surface area contributed by atoms with E-state index in [1.807, 2.05) is 31.2 Å². The van der Waals surface area contributed by atoms with Gasteiger partial charge in [0, 0.05) is 0 Å². The Kier molecular flexibility index (Phi) is 3.82. The fourth-order valence-corrected chi connectivity index (χ4v) is 3.40. The Bertz CT molecular complexity index is 1050. The van der Waals surface area contributed by atoms with Crippen LogP contribution < -0.4 is 5.32 Å². The van der Waals surface area contributed by atoms with E-state index in [-0.39, 0.29) is 11.4 Å². The minimum atomic E-state index is -0.503. The summed E-state index contributed by atoms with van der Waals surface area (Å²) in [4.78, 5) is 16.8. The number of benzene rings is 2. The molecule has 124 valence electrons. The number of hydrogen-bond acceptors (Lipinski definition) is 4. The number of rotatable bonds is 3. The van der Waals surface area contributed by atoms with E-state index in [4.69, 9.17) is 4.42 Å². The van der Waals surface area contributed by atoms with Gasteiger partial charge in [0.2, 0.25) is 0 Å². The maximum Gasteiger partial charge on any atom is 0.291 e. The first-order chi connectivity index (χ1) is 12.1. The van der Waals surface area contributed by atoms with Crippen LogP contribution >= 0.6 is 11.3 Å². The molecule has 2 aromatic heterocycles. The predicted octanol–water partition coefficient (Wildman–Crippen LogP) is 5.26. The Morgan fingerprint density at radius 1 is 1.16 bits per heavy atom. The van der Waals surface area contributed by atoms with Crippen LogP contribution in [0.25, 0.3) is 21.0 Å². The lowest BCUT2D eigenvalue weighted by molar-refractivity contribution is 0.0997. The smallest absolute Gasteiger partial charge is 0.291 e. The molecular weight excluding hydrogens is 339 g/mol. The molecule has 4 nitrogen and oxygen atoms in total. The number of carbonyl (C=O) groups is 1. The van der Waals surface area contributed by atoms with Gasteiger partial charge in [0.25, 0.3) is 5.91 Å². The van der Waals surface area contributed by atoms with Crippen LogP contribution in [0.15, 0.2) is 59.0 Å². The molecule has 0 saturated heterocycles. The number of aromatic nitrogens is 1. The van der Waals surface area contributed by atoms with Crippen molar-refractivity contribution in [3.63, 3.8) is 0 Å². The number of aryl methyl sites for hydroxylation is 1. The van der Waals surface area contributed by atoms with Gasteiger partial charge in [-0.25, -0.2) is 9.37 Å². The third-order valence-corrected chi connectivity index (χ3v) is 4.76. The highest BCUT2D eigenvalue weighted by Gasteiger charge is 2.16. The Hall–Kier alpha value is -2.99. The molecule has 0 aliphatic carbocycles. The Morgan fingerprint density at radius 3 is 2.84 bits per heavy atom. The summed E-state index contributed by atoms with van der Waals surface area (Å²) in [6.45, 7) is 1.83. The van der Waals surface area contributed by atoms with Crippen LogP contribution in [-0.4, -0.2) is 10.9 Å². The van der Waals surface area contributed by atoms with Crippen LogP contribution in [0, 0.1) is 12.7 Å². The van der Waals surface area contributed by atoms with Crippen LogP contribution in [-0.2, 0) is 0 Å². The monoisotopic (exact) mass is 352 g/mol. The van der Waals surface area contributed by atoms with Crippen LogP contribution in [0.5, 0.6) is 0 Å². The third kappa shape index (κ3) is 3.04. The number of hydrogen-bond donors (Lipinski definition) is 1. The number of fused-ring (bicyclic) bond motifs is 1. The van der Waals surface area contributed by atoms with Gasteiger partial charge in [-0.15, -0.1) is 11.3 Å². The summed E-state index contributed by atoms with van der Waals surface area (Å²) < 4.78 is 20.4. The van der Waals surface area contributed by atoms with Crippen molar-refractivity contribution in [2.45, 2.75) is 6.92 Å². The predicted molar refractivity (Wildman–Crippen MR) is 96.4 cm³/mol. The van der Waals surface area contributed by atoms with E-state index in [0.29, 0.717) is 10.8 Å². The molecule has 1 N–H and O–H groups in total. The normalized spacial score (nSPS) is 11.0. The Morgan fingerprint density at radius 2 is 2.00 bits per heavy atom. The molecule has 25 heavy (non-hydrogen) atoms. The Balaban J connectivity index is 1.60. The van der Waals surface area contributed by atoms with Crippen molar-refractivity contribution in [3.8, 4) is 10.8 Å². The molecule has 0 fully saturated rings. The maximum absolute atomic E-state index is 13.8. The molecular formula is C19H13FN2O2S. The molecule has 2 aromatic carbocycles. The summed E-state index contributed by atoms with van der Waals surface area (Å²) in [5, 5.41) is 3.23. The molecule has 1 amide bonds. The van der Waals surface area contributed by atoms with Gasteiger partial charge in [-0.3, -0.25) is 4.79 Å². The van der Waals surface area contributed by atoms with E-state index in [9.17, 15) is 9.18 Å². The van der Waals surface area contributed by atoms with E-state index in [0.717, 1.165) is 15.8 Å². The zero-order chi connectivity index (χ0) is 17.4. The number of furan rings is 1. The number of amides is 1. The second-order valence-electron chi connectivity index (χ2n) is 5.59. The number of nitrogens with one attached hydrogen (secondary N) is 1. The molecule has 0 unspecified atom stereocenters. The average molecular weight is 352 g/mol. The first-order valence-corrected chi connectivity index (χ1v) is 8.45. The SMILES string of the molecule is Cc1ccc(F)c(NC(=O)c2ccc(-c3nc4ccccc4s3)o2)c1. The van der Waals surface area contributed by atoms with Crippen molar-refractivity contribution in [3.05, 3.63) is 71.7 Å². The van der Waals surface area contributed by atoms with Crippen LogP contribution in [0.1, 0.15) is 16.1 Å². The molecule has 0 bridgehead atoms. The van der Waals surface area contributed by atoms with E-state index in [1.54, 1.807) is 24.3 Å². The van der Waals surface area contributed by atoms with Crippen LogP contribution in [0.3, 0.4) is 0 Å². The summed E-state index contributed by atoms with van der Waals surface area (Å²) in [6, 6.07) is 15.6. The molecule has 0 aliphatic heterocycles. The molecule has 4 rings (SSSR count). The van der Waals surface area contributed by atoms with Gasteiger partial charge < -0.3 is 9.73 Å². The van der Waals surface area contributed by atoms with E-state index >= 15 is 0 Å². The summed E-state index contributed by atoms with van der Waals surface area (Å²) in [6.07, 6.45) is 0. The van der Waals surface area contributed by atoms with Crippen molar-refractivity contribution in [1.82, 2.24) is 4.98 Å². The Labute approximate surface area is 146 Å². The zero-order valence-corrected chi connectivity index (χ0v) is 14.1. The lowest BCUT2D eigenvalue weighted by Gasteiger charge is -2.05. The molecule has 0 radical (unpaired) electrons. The second kappa shape index (κ2) is 6.14. The lowest BCUT2D eigenvalue weighted by atomic mass is 10.2. The second-order valence-corrected chi connectivity index (χ2v) is 6.62. The number of para-hydroxylation sites is 1. The van der Waals surface area contributed by atoms with Gasteiger partial charge in [0.1, 0.15) is 5.82 Å². The first-order valence-electron chi connectivity index (χ1n) is 7.63. The van der Waals surface area contributed by atoms with Crippen molar-refractivity contribution in [2.75, 3.05) is 5.32 Å².